The molecule has 3 aromatic carbocycles. The minimum Gasteiger partial charge on any atom is -0.229 e. The van der Waals surface area contributed by atoms with Gasteiger partial charge in [-0.1, -0.05) is 94.5 Å². The summed E-state index contributed by atoms with van der Waals surface area (Å²) < 4.78 is 1.77. The fourth-order valence-corrected chi connectivity index (χ4v) is 3.78. The molecular weight excluding hydrogens is 411 g/mol. The van der Waals surface area contributed by atoms with Crippen LogP contribution in [0.25, 0.3) is 28.2 Å². The van der Waals surface area contributed by atoms with Gasteiger partial charge in [-0.25, -0.2) is 4.68 Å². The Morgan fingerprint density at radius 3 is 1.89 bits per heavy atom. The van der Waals surface area contributed by atoms with E-state index >= 15 is 0 Å². The molecule has 0 aliphatic carbocycles. The van der Waals surface area contributed by atoms with Crippen molar-refractivity contribution in [3.05, 3.63) is 92.9 Å². The summed E-state index contributed by atoms with van der Waals surface area (Å²) in [5.74, 6) is 0. The molecule has 4 rings (SSSR count). The minimum atomic E-state index is 0.549. The van der Waals surface area contributed by atoms with Crippen LogP contribution in [0.5, 0.6) is 0 Å². The molecule has 0 saturated heterocycles. The lowest BCUT2D eigenvalue weighted by Gasteiger charge is -2.10. The van der Waals surface area contributed by atoms with Gasteiger partial charge in [0.25, 0.3) is 0 Å². The van der Waals surface area contributed by atoms with Crippen molar-refractivity contribution in [3.8, 4) is 28.2 Å². The van der Waals surface area contributed by atoms with Gasteiger partial charge in [0.15, 0.2) is 0 Å². The summed E-state index contributed by atoms with van der Waals surface area (Å²) in [6.45, 7) is 4.10. The maximum atomic E-state index is 6.86. The van der Waals surface area contributed by atoms with E-state index in [1.807, 2.05) is 62.4 Å². The first-order chi connectivity index (χ1) is 13.4. The summed E-state index contributed by atoms with van der Waals surface area (Å²) in [6, 6.07) is 21.6. The monoisotopic (exact) mass is 426 g/mol. The number of benzene rings is 3. The summed E-state index contributed by atoms with van der Waals surface area (Å²) in [5, 5.41) is 6.52. The average molecular weight is 428 g/mol. The zero-order valence-corrected chi connectivity index (χ0v) is 17.6. The van der Waals surface area contributed by atoms with Crippen LogP contribution in [-0.2, 0) is 0 Å². The maximum absolute atomic E-state index is 6.86. The smallest absolute Gasteiger partial charge is 0.112 e. The van der Waals surface area contributed by atoms with Crippen LogP contribution < -0.4 is 0 Å². The Morgan fingerprint density at radius 2 is 1.29 bits per heavy atom. The highest BCUT2D eigenvalue weighted by atomic mass is 35.5. The minimum absolute atomic E-state index is 0.549. The molecule has 0 amide bonds. The predicted octanol–water partition coefficient (Wildman–Crippen LogP) is 7.78. The number of halogens is 3. The third kappa shape index (κ3) is 3.56. The SMILES string of the molecule is Cc1ccc(-c2nn(-c3cc(Cl)ccc3Cl)c(-c3ccc(C)cc3)c2Cl)cc1. The second-order valence-corrected chi connectivity index (χ2v) is 7.97. The number of aromatic nitrogens is 2. The van der Waals surface area contributed by atoms with Crippen molar-refractivity contribution in [3.63, 3.8) is 0 Å². The van der Waals surface area contributed by atoms with Crippen LogP contribution in [0.15, 0.2) is 66.7 Å². The fourth-order valence-electron chi connectivity index (χ4n) is 3.08. The van der Waals surface area contributed by atoms with Gasteiger partial charge in [0, 0.05) is 16.1 Å². The topological polar surface area (TPSA) is 17.8 Å². The van der Waals surface area contributed by atoms with Gasteiger partial charge in [0.1, 0.15) is 5.69 Å². The average Bonchev–Trinajstić information content (AvgIpc) is 3.02. The third-order valence-corrected chi connectivity index (χ3v) is 5.53. The molecule has 0 N–H and O–H groups in total. The molecular formula is C23H17Cl3N2. The summed E-state index contributed by atoms with van der Waals surface area (Å²) in [6.07, 6.45) is 0. The Hall–Kier alpha value is -2.26. The number of nitrogens with zero attached hydrogens (tertiary/aromatic N) is 2. The summed E-state index contributed by atoms with van der Waals surface area (Å²) >= 11 is 19.6. The van der Waals surface area contributed by atoms with Crippen molar-refractivity contribution < 1.29 is 0 Å². The van der Waals surface area contributed by atoms with Crippen LogP contribution in [-0.4, -0.2) is 9.78 Å². The zero-order valence-electron chi connectivity index (χ0n) is 15.4. The Morgan fingerprint density at radius 1 is 0.714 bits per heavy atom. The molecule has 1 heterocycles. The molecule has 0 aliphatic heterocycles. The zero-order chi connectivity index (χ0) is 19.8. The van der Waals surface area contributed by atoms with E-state index in [0.29, 0.717) is 26.4 Å². The molecule has 2 nitrogen and oxygen atoms in total. The molecule has 1 aromatic heterocycles. The van der Waals surface area contributed by atoms with Gasteiger partial charge in [-0.2, -0.15) is 5.10 Å². The molecule has 4 aromatic rings. The van der Waals surface area contributed by atoms with E-state index in [4.69, 9.17) is 39.9 Å². The molecule has 5 heteroatoms. The molecule has 0 bridgehead atoms. The van der Waals surface area contributed by atoms with Crippen molar-refractivity contribution in [2.45, 2.75) is 13.8 Å². The summed E-state index contributed by atoms with van der Waals surface area (Å²) in [7, 11) is 0. The van der Waals surface area contributed by atoms with Crippen molar-refractivity contribution in [1.29, 1.82) is 0 Å². The van der Waals surface area contributed by atoms with Gasteiger partial charge >= 0.3 is 0 Å². The Balaban J connectivity index is 2.00. The molecule has 28 heavy (non-hydrogen) atoms. The van der Waals surface area contributed by atoms with E-state index in [-0.39, 0.29) is 0 Å². The third-order valence-electron chi connectivity index (χ3n) is 4.61. The molecule has 0 radical (unpaired) electrons. The van der Waals surface area contributed by atoms with Crippen LogP contribution in [0.1, 0.15) is 11.1 Å². The molecule has 0 unspecified atom stereocenters. The molecule has 0 aliphatic rings. The quantitative estimate of drug-likeness (QED) is 0.326. The molecule has 0 atom stereocenters. The lowest BCUT2D eigenvalue weighted by Crippen LogP contribution is -2.00. The van der Waals surface area contributed by atoms with Crippen LogP contribution in [0.3, 0.4) is 0 Å². The molecule has 0 fully saturated rings. The number of hydrogen-bond donors (Lipinski definition) is 0. The van der Waals surface area contributed by atoms with Gasteiger partial charge in [-0.05, 0) is 32.0 Å². The van der Waals surface area contributed by atoms with Crippen molar-refractivity contribution in [1.82, 2.24) is 9.78 Å². The normalized spacial score (nSPS) is 11.0. The van der Waals surface area contributed by atoms with Crippen molar-refractivity contribution in [2.75, 3.05) is 0 Å². The second-order valence-electron chi connectivity index (χ2n) is 6.75. The standard InChI is InChI=1S/C23H17Cl3N2/c1-14-3-7-16(8-4-14)22-21(26)23(17-9-5-15(2)6-10-17)28(27-22)20-13-18(24)11-12-19(20)25/h3-13H,1-2H3. The van der Waals surface area contributed by atoms with E-state index in [1.165, 1.54) is 11.1 Å². The highest BCUT2D eigenvalue weighted by molar-refractivity contribution is 6.36. The lowest BCUT2D eigenvalue weighted by atomic mass is 10.1. The van der Waals surface area contributed by atoms with Crippen LogP contribution in [0.2, 0.25) is 15.1 Å². The first-order valence-electron chi connectivity index (χ1n) is 8.82. The second kappa shape index (κ2) is 7.63. The largest absolute Gasteiger partial charge is 0.229 e. The van der Waals surface area contributed by atoms with Gasteiger partial charge in [-0.3, -0.25) is 0 Å². The summed E-state index contributed by atoms with van der Waals surface area (Å²) in [4.78, 5) is 0. The van der Waals surface area contributed by atoms with Crippen LogP contribution in [0, 0.1) is 13.8 Å². The Kier molecular flexibility index (Phi) is 5.20. The van der Waals surface area contributed by atoms with E-state index < -0.39 is 0 Å². The van der Waals surface area contributed by atoms with Gasteiger partial charge in [0.2, 0.25) is 0 Å². The molecule has 0 spiro atoms. The van der Waals surface area contributed by atoms with Crippen molar-refractivity contribution >= 4 is 34.8 Å². The Bertz CT molecular complexity index is 1140. The van der Waals surface area contributed by atoms with E-state index in [0.717, 1.165) is 16.8 Å². The fraction of sp³-hybridized carbons (Fsp3) is 0.0870. The van der Waals surface area contributed by atoms with Gasteiger partial charge in [0.05, 0.1) is 21.4 Å². The van der Waals surface area contributed by atoms with E-state index in [9.17, 15) is 0 Å². The maximum Gasteiger partial charge on any atom is 0.112 e. The van der Waals surface area contributed by atoms with Crippen LogP contribution >= 0.6 is 34.8 Å². The number of rotatable bonds is 3. The molecule has 140 valence electrons. The van der Waals surface area contributed by atoms with Gasteiger partial charge < -0.3 is 0 Å². The molecule has 0 saturated carbocycles. The van der Waals surface area contributed by atoms with E-state index in [1.54, 1.807) is 22.9 Å². The van der Waals surface area contributed by atoms with Crippen LogP contribution in [0.4, 0.5) is 0 Å². The van der Waals surface area contributed by atoms with E-state index in [2.05, 4.69) is 0 Å². The number of aryl methyl sites for hydroxylation is 2. The first kappa shape index (κ1) is 19.1. The lowest BCUT2D eigenvalue weighted by molar-refractivity contribution is 0.892. The summed E-state index contributed by atoms with van der Waals surface area (Å²) in [5.41, 5.74) is 6.42. The van der Waals surface area contributed by atoms with Gasteiger partial charge in [-0.15, -0.1) is 0 Å². The Labute approximate surface area is 179 Å². The number of hydrogen-bond acceptors (Lipinski definition) is 1. The highest BCUT2D eigenvalue weighted by Crippen LogP contribution is 2.39. The predicted molar refractivity (Wildman–Crippen MR) is 119 cm³/mol. The first-order valence-corrected chi connectivity index (χ1v) is 9.95. The highest BCUT2D eigenvalue weighted by Gasteiger charge is 2.21. The van der Waals surface area contributed by atoms with Crippen molar-refractivity contribution in [2.24, 2.45) is 0 Å².